The first-order chi connectivity index (χ1) is 7.74. The van der Waals surface area contributed by atoms with Gasteiger partial charge in [-0.3, -0.25) is 0 Å². The van der Waals surface area contributed by atoms with Crippen molar-refractivity contribution in [3.63, 3.8) is 0 Å². The number of nitrogens with zero attached hydrogens (tertiary/aromatic N) is 2. The smallest absolute Gasteiger partial charge is 0.284 e. The minimum Gasteiger partial charge on any atom is -0.446 e. The van der Waals surface area contributed by atoms with Crippen LogP contribution in [0.25, 0.3) is 0 Å². The molecule has 5 heteroatoms. The zero-order chi connectivity index (χ0) is 11.1. The van der Waals surface area contributed by atoms with Crippen LogP contribution in [0.2, 0.25) is 5.02 Å². The summed E-state index contributed by atoms with van der Waals surface area (Å²) < 4.78 is 11.2. The second kappa shape index (κ2) is 3.35. The molecule has 0 unspecified atom stereocenters. The maximum Gasteiger partial charge on any atom is 0.284 e. The Bertz CT molecular complexity index is 572. The van der Waals surface area contributed by atoms with E-state index in [4.69, 9.17) is 21.1 Å². The number of aromatic nitrogens is 2. The number of ether oxygens (including phenoxy) is 2. The molecule has 1 aromatic heterocycles. The molecule has 2 aromatic rings. The van der Waals surface area contributed by atoms with Crippen molar-refractivity contribution in [3.8, 4) is 23.1 Å². The van der Waals surface area contributed by atoms with Gasteiger partial charge in [0.15, 0.2) is 11.5 Å². The molecule has 0 bridgehead atoms. The van der Waals surface area contributed by atoms with Gasteiger partial charge in [0.05, 0.1) is 6.20 Å². The molecule has 4 nitrogen and oxygen atoms in total. The summed E-state index contributed by atoms with van der Waals surface area (Å²) >= 11 is 5.94. The van der Waals surface area contributed by atoms with Gasteiger partial charge in [0.1, 0.15) is 5.02 Å². The molecule has 0 amide bonds. The third-order valence-corrected chi connectivity index (χ3v) is 2.52. The van der Waals surface area contributed by atoms with Crippen molar-refractivity contribution in [2.75, 3.05) is 0 Å². The fraction of sp³-hybridized carbons (Fsp3) is 0.0909. The van der Waals surface area contributed by atoms with E-state index in [0.717, 1.165) is 5.56 Å². The highest BCUT2D eigenvalue weighted by Crippen LogP contribution is 2.46. The fourth-order valence-electron chi connectivity index (χ4n) is 1.49. The van der Waals surface area contributed by atoms with E-state index in [1.54, 1.807) is 0 Å². The van der Waals surface area contributed by atoms with Gasteiger partial charge in [0.2, 0.25) is 5.75 Å². The third kappa shape index (κ3) is 1.39. The summed E-state index contributed by atoms with van der Waals surface area (Å²) in [5.41, 5.74) is 1.09. The van der Waals surface area contributed by atoms with Crippen LogP contribution in [0.3, 0.4) is 0 Å². The molecule has 0 atom stereocenters. The van der Waals surface area contributed by atoms with Gasteiger partial charge in [-0.1, -0.05) is 17.7 Å². The van der Waals surface area contributed by atoms with Gasteiger partial charge >= 0.3 is 0 Å². The lowest BCUT2D eigenvalue weighted by atomic mass is 10.2. The van der Waals surface area contributed by atoms with Crippen LogP contribution in [0.5, 0.6) is 23.1 Å². The monoisotopic (exact) mass is 234 g/mol. The predicted octanol–water partition coefficient (Wildman–Crippen LogP) is 3.34. The van der Waals surface area contributed by atoms with Crippen LogP contribution < -0.4 is 9.47 Å². The quantitative estimate of drug-likeness (QED) is 0.598. The van der Waals surface area contributed by atoms with Crippen molar-refractivity contribution >= 4 is 11.6 Å². The maximum atomic E-state index is 5.94. The summed E-state index contributed by atoms with van der Waals surface area (Å²) in [5.74, 6) is 1.97. The summed E-state index contributed by atoms with van der Waals surface area (Å²) in [6, 6.07) is 5.65. The highest BCUT2D eigenvalue weighted by Gasteiger charge is 2.22. The number of benzene rings is 1. The van der Waals surface area contributed by atoms with E-state index in [-0.39, 0.29) is 0 Å². The Hall–Kier alpha value is -1.81. The first-order valence-electron chi connectivity index (χ1n) is 4.71. The summed E-state index contributed by atoms with van der Waals surface area (Å²) in [5, 5.41) is 7.91. The highest BCUT2D eigenvalue weighted by atomic mass is 35.5. The normalized spacial score (nSPS) is 12.1. The molecule has 2 heterocycles. The lowest BCUT2D eigenvalue weighted by molar-refractivity contribution is 0.343. The van der Waals surface area contributed by atoms with Crippen LogP contribution in [0.15, 0.2) is 24.4 Å². The van der Waals surface area contributed by atoms with Gasteiger partial charge in [0.25, 0.3) is 5.88 Å². The summed E-state index contributed by atoms with van der Waals surface area (Å²) in [7, 11) is 0. The highest BCUT2D eigenvalue weighted by molar-refractivity contribution is 6.32. The SMILES string of the molecule is Cc1ccc2c(c1)Oc1c(Cl)cnnc1O2. The molecule has 0 spiro atoms. The van der Waals surface area contributed by atoms with Crippen LogP contribution in [0.4, 0.5) is 0 Å². The minimum atomic E-state index is 0.295. The Morgan fingerprint density at radius 3 is 2.94 bits per heavy atom. The molecular weight excluding hydrogens is 228 g/mol. The lowest BCUT2D eigenvalue weighted by Crippen LogP contribution is -2.02. The van der Waals surface area contributed by atoms with E-state index < -0.39 is 0 Å². The van der Waals surface area contributed by atoms with Gasteiger partial charge in [-0.25, -0.2) is 0 Å². The van der Waals surface area contributed by atoms with E-state index in [2.05, 4.69) is 10.2 Å². The first kappa shape index (κ1) is 9.42. The molecule has 0 saturated carbocycles. The topological polar surface area (TPSA) is 44.2 Å². The van der Waals surface area contributed by atoms with E-state index in [0.29, 0.717) is 28.2 Å². The third-order valence-electron chi connectivity index (χ3n) is 2.25. The van der Waals surface area contributed by atoms with Crippen molar-refractivity contribution in [2.45, 2.75) is 6.92 Å². The number of rotatable bonds is 0. The Balaban J connectivity index is 2.13. The molecule has 0 radical (unpaired) electrons. The zero-order valence-corrected chi connectivity index (χ0v) is 9.15. The Morgan fingerprint density at radius 1 is 1.19 bits per heavy atom. The van der Waals surface area contributed by atoms with Crippen LogP contribution in [-0.4, -0.2) is 10.2 Å². The standard InChI is InChI=1S/C11H7ClN2O2/c1-6-2-3-8-9(4-6)15-10-7(12)5-13-14-11(10)16-8/h2-5H,1H3. The van der Waals surface area contributed by atoms with Gasteiger partial charge in [0, 0.05) is 0 Å². The van der Waals surface area contributed by atoms with Gasteiger partial charge in [-0.2, -0.15) is 5.10 Å². The molecular formula is C11H7ClN2O2. The molecule has 1 aromatic carbocycles. The Morgan fingerprint density at radius 2 is 2.06 bits per heavy atom. The van der Waals surface area contributed by atoms with Gasteiger partial charge in [-0.05, 0) is 24.6 Å². The predicted molar refractivity (Wildman–Crippen MR) is 58.4 cm³/mol. The summed E-state index contributed by atoms with van der Waals surface area (Å²) in [4.78, 5) is 0. The second-order valence-corrected chi connectivity index (χ2v) is 3.89. The summed E-state index contributed by atoms with van der Waals surface area (Å²) in [6.45, 7) is 1.98. The molecule has 1 aliphatic heterocycles. The molecule has 0 saturated heterocycles. The van der Waals surface area contributed by atoms with Crippen LogP contribution in [-0.2, 0) is 0 Å². The largest absolute Gasteiger partial charge is 0.446 e. The molecule has 80 valence electrons. The minimum absolute atomic E-state index is 0.295. The van der Waals surface area contributed by atoms with E-state index in [1.165, 1.54) is 6.20 Å². The van der Waals surface area contributed by atoms with Crippen LogP contribution in [0.1, 0.15) is 5.56 Å². The molecule has 0 aliphatic carbocycles. The molecule has 0 N–H and O–H groups in total. The Labute approximate surface area is 96.8 Å². The molecule has 0 fully saturated rings. The molecule has 16 heavy (non-hydrogen) atoms. The van der Waals surface area contributed by atoms with Crippen LogP contribution >= 0.6 is 11.6 Å². The maximum absolute atomic E-state index is 5.94. The first-order valence-corrected chi connectivity index (χ1v) is 5.09. The van der Waals surface area contributed by atoms with Crippen LogP contribution in [0, 0.1) is 6.92 Å². The number of hydrogen-bond donors (Lipinski definition) is 0. The van der Waals surface area contributed by atoms with E-state index in [9.17, 15) is 0 Å². The van der Waals surface area contributed by atoms with Crippen molar-refractivity contribution in [2.24, 2.45) is 0 Å². The van der Waals surface area contributed by atoms with E-state index >= 15 is 0 Å². The van der Waals surface area contributed by atoms with Gasteiger partial charge in [-0.15, -0.1) is 5.10 Å². The van der Waals surface area contributed by atoms with Crippen molar-refractivity contribution in [1.82, 2.24) is 10.2 Å². The van der Waals surface area contributed by atoms with E-state index in [1.807, 2.05) is 25.1 Å². The number of hydrogen-bond acceptors (Lipinski definition) is 4. The van der Waals surface area contributed by atoms with Crippen molar-refractivity contribution < 1.29 is 9.47 Å². The lowest BCUT2D eigenvalue weighted by Gasteiger charge is -2.19. The second-order valence-electron chi connectivity index (χ2n) is 3.48. The average molecular weight is 235 g/mol. The molecule has 1 aliphatic rings. The average Bonchev–Trinajstić information content (AvgIpc) is 2.28. The van der Waals surface area contributed by atoms with Crippen molar-refractivity contribution in [1.29, 1.82) is 0 Å². The zero-order valence-electron chi connectivity index (χ0n) is 8.40. The van der Waals surface area contributed by atoms with Gasteiger partial charge < -0.3 is 9.47 Å². The molecule has 3 rings (SSSR count). The number of aryl methyl sites for hydroxylation is 1. The number of halogens is 1. The number of fused-ring (bicyclic) bond motifs is 2. The summed E-state index contributed by atoms with van der Waals surface area (Å²) in [6.07, 6.45) is 1.42. The van der Waals surface area contributed by atoms with Crippen molar-refractivity contribution in [3.05, 3.63) is 35.0 Å². The Kier molecular flexibility index (Phi) is 1.97. The fourth-order valence-corrected chi connectivity index (χ4v) is 1.65.